The van der Waals surface area contributed by atoms with Gasteiger partial charge >= 0.3 is 11.9 Å². The minimum Gasteiger partial charge on any atom is -0.494 e. The number of rotatable bonds is 53. The maximum absolute atomic E-state index is 12.5. The molecule has 22 heteroatoms. The number of aromatic nitrogens is 2. The lowest BCUT2D eigenvalue weighted by atomic mass is 9.89. The number of carbonyl (C=O) groups is 9. The monoisotopic (exact) mass is 1110 g/mol. The van der Waals surface area contributed by atoms with E-state index >= 15 is 0 Å². The first-order valence-corrected chi connectivity index (χ1v) is 28.3. The molecule has 0 aliphatic carbocycles. The number of hydrogen-bond acceptors (Lipinski definition) is 16. The molecule has 22 nitrogen and oxygen atoms in total. The van der Waals surface area contributed by atoms with Crippen molar-refractivity contribution in [1.82, 2.24) is 25.9 Å². The average Bonchev–Trinajstić information content (AvgIpc) is 3.96. The third-order valence-corrected chi connectivity index (χ3v) is 13.0. The van der Waals surface area contributed by atoms with Crippen LogP contribution in [0.4, 0.5) is 0 Å². The van der Waals surface area contributed by atoms with Gasteiger partial charge in [0.2, 0.25) is 17.7 Å². The Kier molecular flexibility index (Phi) is 39.3. The molecule has 1 aromatic heterocycles. The molecule has 0 saturated carbocycles. The highest BCUT2D eigenvalue weighted by Crippen LogP contribution is 2.19. The van der Waals surface area contributed by atoms with Gasteiger partial charge in [-0.3, -0.25) is 38.4 Å². The Hall–Kier alpha value is -5.94. The Morgan fingerprint density at radius 2 is 1.15 bits per heavy atom. The SMILES string of the molecule is CCC(=O)[C@H](CCCCNC(=O)COCCOCCNC(=O)[C@@H](N)CCCCCC(=O)COCCOCCNC(=O)CC[C@H](CC(=O)CCCCCCCCCOc1ccc(C(=O)O)cc1)C(=O)O)CC(=O)CCc1cnc[nH]1. The number of aryl methyl sites for hydroxylation is 1. The zero-order valence-electron chi connectivity index (χ0n) is 46.6. The molecule has 444 valence electrons. The normalized spacial score (nSPS) is 12.3. The number of carboxylic acids is 2. The van der Waals surface area contributed by atoms with Crippen LogP contribution in [0.3, 0.4) is 0 Å². The lowest BCUT2D eigenvalue weighted by Gasteiger charge is -2.14. The number of ether oxygens (including phenoxy) is 5. The van der Waals surface area contributed by atoms with Gasteiger partial charge in [0.1, 0.15) is 36.3 Å². The molecule has 79 heavy (non-hydrogen) atoms. The number of benzene rings is 1. The van der Waals surface area contributed by atoms with E-state index in [2.05, 4.69) is 25.9 Å². The van der Waals surface area contributed by atoms with E-state index in [1.807, 2.05) is 0 Å². The number of H-pyrrole nitrogens is 1. The highest BCUT2D eigenvalue weighted by molar-refractivity contribution is 5.88. The van der Waals surface area contributed by atoms with E-state index in [9.17, 15) is 48.3 Å². The van der Waals surface area contributed by atoms with Crippen molar-refractivity contribution in [2.24, 2.45) is 17.6 Å². The number of imidazole rings is 1. The van der Waals surface area contributed by atoms with Crippen LogP contribution in [0.1, 0.15) is 164 Å². The van der Waals surface area contributed by atoms with Gasteiger partial charge in [0.25, 0.3) is 0 Å². The van der Waals surface area contributed by atoms with E-state index in [4.69, 9.17) is 34.5 Å². The number of carboxylic acid groups (broad SMARTS) is 2. The summed E-state index contributed by atoms with van der Waals surface area (Å²) in [6.07, 6.45) is 16.3. The number of aromatic carboxylic acids is 1. The number of ketones is 4. The van der Waals surface area contributed by atoms with Gasteiger partial charge in [-0.1, -0.05) is 58.3 Å². The minimum atomic E-state index is -1.10. The van der Waals surface area contributed by atoms with Crippen molar-refractivity contribution < 1.29 is 77.0 Å². The minimum absolute atomic E-state index is 0.0278. The standard InChI is InChI=1S/C57H90N6O16/c1-2-52(67)44(37-48(65)23-22-46-39-59-42-63-46)15-12-13-27-60-54(69)41-78-36-34-76-32-29-62-55(70)51(58)18-11-8-10-17-49(66)40-77-35-33-75-31-28-61-53(68)26-21-45(57(73)74)38-47(64)16-9-6-4-3-5-7-14-30-79-50-24-19-43(20-25-50)56(71)72/h19-20,24-25,39,42,44-45,51H,2-18,21-23,26-38,40-41,58H2,1H3,(H,59,63)(H,60,69)(H,61,68)(H,62,70)(H,71,72)(H,73,74)/t44-,45-,51+/m1/s1. The van der Waals surface area contributed by atoms with Crippen LogP contribution >= 0.6 is 0 Å². The second-order valence-corrected chi connectivity index (χ2v) is 19.6. The second-order valence-electron chi connectivity index (χ2n) is 19.6. The van der Waals surface area contributed by atoms with Crippen molar-refractivity contribution in [3.63, 3.8) is 0 Å². The summed E-state index contributed by atoms with van der Waals surface area (Å²) >= 11 is 0. The van der Waals surface area contributed by atoms with E-state index in [1.54, 1.807) is 31.6 Å². The van der Waals surface area contributed by atoms with Gasteiger partial charge in [0.05, 0.1) is 70.1 Å². The Morgan fingerprint density at radius 1 is 0.570 bits per heavy atom. The smallest absolute Gasteiger partial charge is 0.335 e. The number of aromatic amines is 1. The summed E-state index contributed by atoms with van der Waals surface area (Å²) in [4.78, 5) is 116. The molecule has 2 rings (SSSR count). The van der Waals surface area contributed by atoms with E-state index in [1.165, 1.54) is 12.1 Å². The molecule has 3 amide bonds. The molecule has 0 radical (unpaired) electrons. The number of nitrogens with two attached hydrogens (primary N) is 1. The molecule has 0 unspecified atom stereocenters. The predicted octanol–water partition coefficient (Wildman–Crippen LogP) is 5.67. The van der Waals surface area contributed by atoms with Crippen LogP contribution in [0, 0.1) is 11.8 Å². The summed E-state index contributed by atoms with van der Waals surface area (Å²) in [7, 11) is 0. The molecule has 2 aromatic rings. The van der Waals surface area contributed by atoms with E-state index < -0.39 is 23.9 Å². The Labute approximate surface area is 465 Å². The first kappa shape index (κ1) is 69.2. The number of unbranched alkanes of at least 4 members (excludes halogenated alkanes) is 9. The number of aliphatic carboxylic acids is 1. The largest absolute Gasteiger partial charge is 0.494 e. The van der Waals surface area contributed by atoms with Crippen LogP contribution in [-0.4, -0.2) is 158 Å². The molecule has 0 spiro atoms. The number of amides is 3. The molecular formula is C57H90N6O16. The third kappa shape index (κ3) is 36.8. The zero-order chi connectivity index (χ0) is 57.7. The first-order chi connectivity index (χ1) is 38.2. The fourth-order valence-corrected chi connectivity index (χ4v) is 8.31. The fourth-order valence-electron chi connectivity index (χ4n) is 8.31. The Balaban J connectivity index is 1.34. The maximum Gasteiger partial charge on any atom is 0.335 e. The van der Waals surface area contributed by atoms with Gasteiger partial charge in [-0.25, -0.2) is 9.78 Å². The molecular weight excluding hydrogens is 1020 g/mol. The van der Waals surface area contributed by atoms with Crippen LogP contribution in [0.15, 0.2) is 36.8 Å². The van der Waals surface area contributed by atoms with Gasteiger partial charge in [-0.05, 0) is 75.6 Å². The molecule has 8 N–H and O–H groups in total. The summed E-state index contributed by atoms with van der Waals surface area (Å²) in [5.41, 5.74) is 7.13. The van der Waals surface area contributed by atoms with Gasteiger partial charge in [0, 0.05) is 82.4 Å². The summed E-state index contributed by atoms with van der Waals surface area (Å²) in [5, 5.41) is 26.8. The first-order valence-electron chi connectivity index (χ1n) is 28.3. The Bertz CT molecular complexity index is 2050. The van der Waals surface area contributed by atoms with Gasteiger partial charge in [0.15, 0.2) is 5.78 Å². The van der Waals surface area contributed by atoms with E-state index in [0.717, 1.165) is 50.6 Å². The fraction of sp³-hybridized carbons (Fsp3) is 0.684. The number of nitrogens with one attached hydrogen (secondary N) is 4. The molecule has 0 aliphatic rings. The molecule has 3 atom stereocenters. The molecule has 0 fully saturated rings. The highest BCUT2D eigenvalue weighted by Gasteiger charge is 2.23. The number of hydrogen-bond donors (Lipinski definition) is 7. The van der Waals surface area contributed by atoms with E-state index in [0.29, 0.717) is 96.0 Å². The van der Waals surface area contributed by atoms with Crippen molar-refractivity contribution in [2.45, 2.75) is 161 Å². The second kappa shape index (κ2) is 44.9. The van der Waals surface area contributed by atoms with Gasteiger partial charge in [-0.2, -0.15) is 0 Å². The van der Waals surface area contributed by atoms with Crippen molar-refractivity contribution >= 4 is 52.8 Å². The quantitative estimate of drug-likeness (QED) is 0.0393. The van der Waals surface area contributed by atoms with Crippen LogP contribution < -0.4 is 26.4 Å². The zero-order valence-corrected chi connectivity index (χ0v) is 46.6. The number of nitrogens with zero attached hydrogens (tertiary/aromatic N) is 1. The average molecular weight is 1120 g/mol. The summed E-state index contributed by atoms with van der Waals surface area (Å²) in [5.74, 6) is -3.61. The molecule has 0 saturated heterocycles. The topological polar surface area (TPSA) is 331 Å². The van der Waals surface area contributed by atoms with Crippen LogP contribution in [0.25, 0.3) is 0 Å². The molecule has 0 aliphatic heterocycles. The van der Waals surface area contributed by atoms with Crippen molar-refractivity contribution in [1.29, 1.82) is 0 Å². The van der Waals surface area contributed by atoms with Crippen molar-refractivity contribution in [3.8, 4) is 5.75 Å². The van der Waals surface area contributed by atoms with Crippen molar-refractivity contribution in [3.05, 3.63) is 48.0 Å². The Morgan fingerprint density at radius 3 is 1.81 bits per heavy atom. The third-order valence-electron chi connectivity index (χ3n) is 13.0. The lowest BCUT2D eigenvalue weighted by molar-refractivity contribution is -0.144. The molecule has 0 bridgehead atoms. The molecule has 1 aromatic carbocycles. The van der Waals surface area contributed by atoms with E-state index in [-0.39, 0.29) is 144 Å². The summed E-state index contributed by atoms with van der Waals surface area (Å²) in [6.45, 7) is 4.38. The van der Waals surface area contributed by atoms with Crippen LogP contribution in [0.2, 0.25) is 0 Å². The number of Topliss-reactive ketones (excluding diaryl/α,β-unsaturated/α-hetero) is 4. The predicted molar refractivity (Wildman–Crippen MR) is 293 cm³/mol. The van der Waals surface area contributed by atoms with Gasteiger partial charge < -0.3 is 60.6 Å². The maximum atomic E-state index is 12.5. The number of carbonyl (C=O) groups excluding carboxylic acids is 7. The lowest BCUT2D eigenvalue weighted by Crippen LogP contribution is -2.41. The van der Waals surface area contributed by atoms with Crippen LogP contribution in [0.5, 0.6) is 5.75 Å². The van der Waals surface area contributed by atoms with Crippen molar-refractivity contribution in [2.75, 3.05) is 79.1 Å². The summed E-state index contributed by atoms with van der Waals surface area (Å²) < 4.78 is 27.3. The van der Waals surface area contributed by atoms with Crippen LogP contribution in [-0.2, 0) is 63.7 Å². The molecule has 1 heterocycles. The van der Waals surface area contributed by atoms with Gasteiger partial charge in [-0.15, -0.1) is 0 Å². The highest BCUT2D eigenvalue weighted by atomic mass is 16.5. The summed E-state index contributed by atoms with van der Waals surface area (Å²) in [6, 6.07) is 5.62.